The average Bonchev–Trinajstić information content (AvgIpc) is 2.61. The molecular weight excluding hydrogens is 360 g/mol. The predicted octanol–water partition coefficient (Wildman–Crippen LogP) is 4.06. The van der Waals surface area contributed by atoms with Crippen LogP contribution < -0.4 is 15.5 Å². The Kier molecular flexibility index (Phi) is 5.74. The average molecular weight is 380 g/mol. The Morgan fingerprint density at radius 1 is 1.23 bits per heavy atom. The minimum Gasteiger partial charge on any atom is -0.371 e. The third-order valence-corrected chi connectivity index (χ3v) is 4.91. The summed E-state index contributed by atoms with van der Waals surface area (Å²) in [4.78, 5) is 14.4. The lowest BCUT2D eigenvalue weighted by Crippen LogP contribution is -2.41. The van der Waals surface area contributed by atoms with Crippen molar-refractivity contribution in [3.05, 3.63) is 58.6 Å². The highest BCUT2D eigenvalue weighted by Gasteiger charge is 2.20. The van der Waals surface area contributed by atoms with Gasteiger partial charge in [0.25, 0.3) is 5.91 Å². The number of nitrogens with zero attached hydrogens (tertiary/aromatic N) is 1. The zero-order valence-corrected chi connectivity index (χ0v) is 15.1. The van der Waals surface area contributed by atoms with Crippen LogP contribution >= 0.6 is 11.6 Å². The summed E-state index contributed by atoms with van der Waals surface area (Å²) < 4.78 is 28.0. The van der Waals surface area contributed by atoms with Crippen molar-refractivity contribution in [3.8, 4) is 0 Å². The lowest BCUT2D eigenvalue weighted by Gasteiger charge is -2.33. The first-order valence-corrected chi connectivity index (χ1v) is 8.83. The van der Waals surface area contributed by atoms with Gasteiger partial charge in [-0.3, -0.25) is 4.79 Å². The van der Waals surface area contributed by atoms with Crippen LogP contribution in [0.15, 0.2) is 36.4 Å². The maximum atomic E-state index is 14.1. The summed E-state index contributed by atoms with van der Waals surface area (Å²) in [6.07, 6.45) is 1.92. The van der Waals surface area contributed by atoms with E-state index in [4.69, 9.17) is 11.6 Å². The van der Waals surface area contributed by atoms with Crippen LogP contribution in [0.2, 0.25) is 5.02 Å². The van der Waals surface area contributed by atoms with Gasteiger partial charge in [0.15, 0.2) is 0 Å². The summed E-state index contributed by atoms with van der Waals surface area (Å²) >= 11 is 5.92. The van der Waals surface area contributed by atoms with Crippen molar-refractivity contribution in [1.82, 2.24) is 5.32 Å². The topological polar surface area (TPSA) is 44.4 Å². The van der Waals surface area contributed by atoms with Crippen molar-refractivity contribution in [3.63, 3.8) is 0 Å². The molecule has 0 bridgehead atoms. The van der Waals surface area contributed by atoms with Gasteiger partial charge in [-0.25, -0.2) is 8.78 Å². The van der Waals surface area contributed by atoms with Crippen LogP contribution in [0, 0.1) is 11.6 Å². The zero-order chi connectivity index (χ0) is 18.7. The summed E-state index contributed by atoms with van der Waals surface area (Å²) in [7, 11) is 1.91. The van der Waals surface area contributed by atoms with Crippen molar-refractivity contribution in [2.24, 2.45) is 0 Å². The highest BCUT2D eigenvalue weighted by molar-refractivity contribution is 6.34. The first-order valence-electron chi connectivity index (χ1n) is 8.45. The van der Waals surface area contributed by atoms with Crippen LogP contribution in [0.25, 0.3) is 0 Å². The fraction of sp³-hybridized carbons (Fsp3) is 0.316. The van der Waals surface area contributed by atoms with E-state index in [1.807, 2.05) is 11.9 Å². The number of hydrogen-bond acceptors (Lipinski definition) is 3. The molecule has 2 N–H and O–H groups in total. The number of benzene rings is 2. The van der Waals surface area contributed by atoms with E-state index < -0.39 is 17.5 Å². The van der Waals surface area contributed by atoms with Gasteiger partial charge in [0, 0.05) is 24.5 Å². The normalized spacial score (nSPS) is 14.9. The highest BCUT2D eigenvalue weighted by Crippen LogP contribution is 2.26. The zero-order valence-electron chi connectivity index (χ0n) is 14.4. The van der Waals surface area contributed by atoms with Crippen molar-refractivity contribution in [2.45, 2.75) is 18.9 Å². The molecule has 1 aliphatic heterocycles. The van der Waals surface area contributed by atoms with Crippen molar-refractivity contribution in [1.29, 1.82) is 0 Å². The fourth-order valence-electron chi connectivity index (χ4n) is 3.16. The monoisotopic (exact) mass is 379 g/mol. The standard InChI is InChI=1S/C19H20ClF2N3O/c1-25(14-5-7-23-8-6-14)15-10-12(21)9-13(11-15)24-19(26)18-16(20)3-2-4-17(18)22/h2-4,9-11,14,23H,5-8H2,1H3,(H,24,26). The maximum absolute atomic E-state index is 14.1. The van der Waals surface area contributed by atoms with E-state index in [2.05, 4.69) is 10.6 Å². The number of rotatable bonds is 4. The van der Waals surface area contributed by atoms with Crippen LogP contribution in [0.3, 0.4) is 0 Å². The highest BCUT2D eigenvalue weighted by atomic mass is 35.5. The van der Waals surface area contributed by atoms with Crippen molar-refractivity contribution < 1.29 is 13.6 Å². The van der Waals surface area contributed by atoms with E-state index in [-0.39, 0.29) is 16.3 Å². The summed E-state index contributed by atoms with van der Waals surface area (Å²) in [6.45, 7) is 1.83. The summed E-state index contributed by atoms with van der Waals surface area (Å²) in [5.74, 6) is -1.91. The minimum absolute atomic E-state index is 0.00551. The van der Waals surface area contributed by atoms with Crippen molar-refractivity contribution in [2.75, 3.05) is 30.4 Å². The van der Waals surface area contributed by atoms with Crippen LogP contribution in [-0.4, -0.2) is 32.1 Å². The third kappa shape index (κ3) is 4.14. The van der Waals surface area contributed by atoms with Gasteiger partial charge in [-0.05, 0) is 56.3 Å². The minimum atomic E-state index is -0.724. The predicted molar refractivity (Wildman–Crippen MR) is 100 cm³/mol. The van der Waals surface area contributed by atoms with E-state index >= 15 is 0 Å². The number of hydrogen-bond donors (Lipinski definition) is 2. The molecule has 0 unspecified atom stereocenters. The second-order valence-corrected chi connectivity index (χ2v) is 6.75. The number of carbonyl (C=O) groups is 1. The molecule has 0 aromatic heterocycles. The molecule has 3 rings (SSSR count). The Bertz CT molecular complexity index is 789. The van der Waals surface area contributed by atoms with Gasteiger partial charge in [-0.2, -0.15) is 0 Å². The van der Waals surface area contributed by atoms with Gasteiger partial charge in [0.05, 0.1) is 10.6 Å². The van der Waals surface area contributed by atoms with Crippen LogP contribution in [0.1, 0.15) is 23.2 Å². The second-order valence-electron chi connectivity index (χ2n) is 6.34. The molecule has 1 heterocycles. The lowest BCUT2D eigenvalue weighted by molar-refractivity contribution is 0.102. The Morgan fingerprint density at radius 2 is 1.96 bits per heavy atom. The number of piperidine rings is 1. The Balaban J connectivity index is 1.82. The van der Waals surface area contributed by atoms with E-state index in [0.717, 1.165) is 32.0 Å². The SMILES string of the molecule is CN(c1cc(F)cc(NC(=O)c2c(F)cccc2Cl)c1)C1CCNCC1. The molecule has 7 heteroatoms. The molecule has 1 aliphatic rings. The number of amides is 1. The van der Waals surface area contributed by atoms with Gasteiger partial charge in [-0.1, -0.05) is 17.7 Å². The molecule has 1 saturated heterocycles. The van der Waals surface area contributed by atoms with Gasteiger partial charge >= 0.3 is 0 Å². The van der Waals surface area contributed by atoms with Gasteiger partial charge in [0.2, 0.25) is 0 Å². The molecule has 0 aliphatic carbocycles. The largest absolute Gasteiger partial charge is 0.371 e. The first-order chi connectivity index (χ1) is 12.5. The number of halogens is 3. The first kappa shape index (κ1) is 18.6. The van der Waals surface area contributed by atoms with E-state index in [9.17, 15) is 13.6 Å². The number of carbonyl (C=O) groups excluding carboxylic acids is 1. The molecular formula is C19H20ClF2N3O. The third-order valence-electron chi connectivity index (χ3n) is 4.59. The Labute approximate surface area is 156 Å². The molecule has 0 radical (unpaired) electrons. The molecule has 2 aromatic carbocycles. The molecule has 0 saturated carbocycles. The second kappa shape index (κ2) is 8.01. The summed E-state index contributed by atoms with van der Waals surface area (Å²) in [5, 5.41) is 5.83. The fourth-order valence-corrected chi connectivity index (χ4v) is 3.41. The molecule has 4 nitrogen and oxygen atoms in total. The molecule has 138 valence electrons. The van der Waals surface area contributed by atoms with Crippen LogP contribution in [0.4, 0.5) is 20.2 Å². The summed E-state index contributed by atoms with van der Waals surface area (Å²) in [5.41, 5.74) is 0.656. The molecule has 0 atom stereocenters. The maximum Gasteiger partial charge on any atom is 0.260 e. The van der Waals surface area contributed by atoms with Crippen LogP contribution in [0.5, 0.6) is 0 Å². The lowest BCUT2D eigenvalue weighted by atomic mass is 10.0. The number of anilines is 2. The molecule has 0 spiro atoms. The molecule has 26 heavy (non-hydrogen) atoms. The Hall–Kier alpha value is -2.18. The van der Waals surface area contributed by atoms with E-state index in [1.165, 1.54) is 24.3 Å². The Morgan fingerprint density at radius 3 is 2.65 bits per heavy atom. The molecule has 1 fully saturated rings. The van der Waals surface area contributed by atoms with Gasteiger partial charge in [-0.15, -0.1) is 0 Å². The van der Waals surface area contributed by atoms with E-state index in [0.29, 0.717) is 11.7 Å². The van der Waals surface area contributed by atoms with Gasteiger partial charge in [0.1, 0.15) is 11.6 Å². The quantitative estimate of drug-likeness (QED) is 0.842. The van der Waals surface area contributed by atoms with E-state index in [1.54, 1.807) is 6.07 Å². The van der Waals surface area contributed by atoms with Gasteiger partial charge < -0.3 is 15.5 Å². The number of nitrogens with one attached hydrogen (secondary N) is 2. The molecule has 1 amide bonds. The summed E-state index contributed by atoms with van der Waals surface area (Å²) in [6, 6.07) is 8.60. The smallest absolute Gasteiger partial charge is 0.260 e. The molecule has 2 aromatic rings. The van der Waals surface area contributed by atoms with Crippen LogP contribution in [-0.2, 0) is 0 Å². The van der Waals surface area contributed by atoms with Crippen molar-refractivity contribution >= 4 is 28.9 Å².